The largest absolute Gasteiger partial charge is 0.279 e. The molecule has 20 heavy (non-hydrogen) atoms. The van der Waals surface area contributed by atoms with E-state index >= 15 is 0 Å². The summed E-state index contributed by atoms with van der Waals surface area (Å²) in [6, 6.07) is 10.5. The number of hydrogen-bond donors (Lipinski definition) is 1. The van der Waals surface area contributed by atoms with Crippen molar-refractivity contribution in [2.75, 3.05) is 4.72 Å². The van der Waals surface area contributed by atoms with Gasteiger partial charge in [-0.3, -0.25) is 4.72 Å². The van der Waals surface area contributed by atoms with Gasteiger partial charge in [-0.2, -0.15) is 0 Å². The second-order valence-electron chi connectivity index (χ2n) is 4.19. The molecule has 2 rings (SSSR count). The maximum absolute atomic E-state index is 13.7. The van der Waals surface area contributed by atoms with E-state index in [4.69, 9.17) is 11.6 Å². The van der Waals surface area contributed by atoms with Crippen LogP contribution in [0.3, 0.4) is 0 Å². The number of aryl methyl sites for hydroxylation is 1. The van der Waals surface area contributed by atoms with Gasteiger partial charge in [0.1, 0.15) is 10.7 Å². The topological polar surface area (TPSA) is 46.2 Å². The van der Waals surface area contributed by atoms with Crippen molar-refractivity contribution in [3.05, 3.63) is 58.9 Å². The smallest absolute Gasteiger partial charge is 0.264 e. The van der Waals surface area contributed by atoms with Gasteiger partial charge in [0, 0.05) is 5.02 Å². The van der Waals surface area contributed by atoms with E-state index in [0.29, 0.717) is 12.1 Å². The second-order valence-corrected chi connectivity index (χ2v) is 6.28. The molecule has 0 aliphatic carbocycles. The third-order valence-electron chi connectivity index (χ3n) is 2.83. The highest BCUT2D eigenvalue weighted by Gasteiger charge is 2.20. The zero-order valence-electron chi connectivity index (χ0n) is 10.7. The molecule has 0 saturated carbocycles. The number of sulfonamides is 1. The molecule has 0 aromatic heterocycles. The van der Waals surface area contributed by atoms with E-state index in [2.05, 4.69) is 4.72 Å². The van der Waals surface area contributed by atoms with Gasteiger partial charge in [-0.05, 0) is 36.2 Å². The monoisotopic (exact) mass is 313 g/mol. The van der Waals surface area contributed by atoms with Crippen LogP contribution < -0.4 is 4.72 Å². The first-order valence-electron chi connectivity index (χ1n) is 6.00. The molecule has 0 atom stereocenters. The molecule has 0 aliphatic rings. The SMILES string of the molecule is CCc1ccccc1NS(=O)(=O)c1ccc(Cl)cc1F. The first-order valence-corrected chi connectivity index (χ1v) is 7.86. The maximum Gasteiger partial charge on any atom is 0.264 e. The van der Waals surface area contributed by atoms with Crippen molar-refractivity contribution >= 4 is 27.3 Å². The van der Waals surface area contributed by atoms with Gasteiger partial charge in [-0.15, -0.1) is 0 Å². The summed E-state index contributed by atoms with van der Waals surface area (Å²) in [6.07, 6.45) is 0.668. The van der Waals surface area contributed by atoms with Crippen LogP contribution >= 0.6 is 11.6 Å². The zero-order valence-corrected chi connectivity index (χ0v) is 12.3. The van der Waals surface area contributed by atoms with Crippen molar-refractivity contribution < 1.29 is 12.8 Å². The fourth-order valence-electron chi connectivity index (χ4n) is 1.82. The predicted octanol–water partition coefficient (Wildman–Crippen LogP) is 3.84. The molecule has 0 fully saturated rings. The minimum absolute atomic E-state index is 0.149. The molecule has 0 bridgehead atoms. The van der Waals surface area contributed by atoms with Crippen molar-refractivity contribution in [2.45, 2.75) is 18.2 Å². The van der Waals surface area contributed by atoms with Gasteiger partial charge >= 0.3 is 0 Å². The van der Waals surface area contributed by atoms with E-state index in [1.54, 1.807) is 12.1 Å². The normalized spacial score (nSPS) is 11.3. The Bertz CT molecular complexity index is 732. The van der Waals surface area contributed by atoms with Crippen LogP contribution in [0.4, 0.5) is 10.1 Å². The highest BCUT2D eigenvalue weighted by atomic mass is 35.5. The summed E-state index contributed by atoms with van der Waals surface area (Å²) in [6.45, 7) is 1.91. The molecule has 0 spiro atoms. The summed E-state index contributed by atoms with van der Waals surface area (Å²) in [5, 5.41) is 0.149. The molecule has 0 aliphatic heterocycles. The Balaban J connectivity index is 2.41. The number of para-hydroxylation sites is 1. The Morgan fingerprint density at radius 2 is 1.90 bits per heavy atom. The lowest BCUT2D eigenvalue weighted by molar-refractivity contribution is 0.570. The van der Waals surface area contributed by atoms with Gasteiger partial charge in [0.05, 0.1) is 5.69 Å². The Morgan fingerprint density at radius 3 is 2.55 bits per heavy atom. The van der Waals surface area contributed by atoms with Crippen molar-refractivity contribution in [2.24, 2.45) is 0 Å². The Morgan fingerprint density at radius 1 is 1.20 bits per heavy atom. The van der Waals surface area contributed by atoms with E-state index in [-0.39, 0.29) is 5.02 Å². The molecule has 3 nitrogen and oxygen atoms in total. The molecule has 0 heterocycles. The number of rotatable bonds is 4. The van der Waals surface area contributed by atoms with E-state index in [9.17, 15) is 12.8 Å². The molecule has 2 aromatic rings. The molecule has 0 radical (unpaired) electrons. The summed E-state index contributed by atoms with van der Waals surface area (Å²) < 4.78 is 40.5. The van der Waals surface area contributed by atoms with Crippen molar-refractivity contribution in [3.63, 3.8) is 0 Å². The quantitative estimate of drug-likeness (QED) is 0.932. The molecular weight excluding hydrogens is 301 g/mol. The second kappa shape index (κ2) is 5.81. The van der Waals surface area contributed by atoms with Crippen LogP contribution in [-0.4, -0.2) is 8.42 Å². The van der Waals surface area contributed by atoms with Crippen LogP contribution in [0, 0.1) is 5.82 Å². The summed E-state index contributed by atoms with van der Waals surface area (Å²) in [5.41, 5.74) is 1.29. The number of halogens is 2. The Labute approximate surface area is 122 Å². The summed E-state index contributed by atoms with van der Waals surface area (Å²) in [4.78, 5) is -0.423. The van der Waals surface area contributed by atoms with Crippen molar-refractivity contribution in [1.82, 2.24) is 0 Å². The third-order valence-corrected chi connectivity index (χ3v) is 4.46. The molecule has 0 unspecified atom stereocenters. The van der Waals surface area contributed by atoms with Gasteiger partial charge in [-0.25, -0.2) is 12.8 Å². The molecule has 106 valence electrons. The molecule has 0 amide bonds. The van der Waals surface area contributed by atoms with E-state index in [1.165, 1.54) is 6.07 Å². The third kappa shape index (κ3) is 3.11. The maximum atomic E-state index is 13.7. The molecule has 2 aromatic carbocycles. The van der Waals surface area contributed by atoms with E-state index < -0.39 is 20.7 Å². The standard InChI is InChI=1S/C14H13ClFNO2S/c1-2-10-5-3-4-6-13(10)17-20(18,19)14-8-7-11(15)9-12(14)16/h3-9,17H,2H2,1H3. The highest BCUT2D eigenvalue weighted by Crippen LogP contribution is 2.23. The van der Waals surface area contributed by atoms with Crippen LogP contribution in [0.5, 0.6) is 0 Å². The van der Waals surface area contributed by atoms with Crippen LogP contribution in [-0.2, 0) is 16.4 Å². The van der Waals surface area contributed by atoms with Crippen LogP contribution in [0.1, 0.15) is 12.5 Å². The fourth-order valence-corrected chi connectivity index (χ4v) is 3.14. The van der Waals surface area contributed by atoms with Gasteiger partial charge in [0.25, 0.3) is 10.0 Å². The summed E-state index contributed by atoms with van der Waals surface area (Å²) in [5.74, 6) is -0.876. The molecule has 1 N–H and O–H groups in total. The Kier molecular flexibility index (Phi) is 4.30. The lowest BCUT2D eigenvalue weighted by Crippen LogP contribution is -2.15. The van der Waals surface area contributed by atoms with Crippen molar-refractivity contribution in [3.8, 4) is 0 Å². The van der Waals surface area contributed by atoms with Crippen LogP contribution in [0.15, 0.2) is 47.4 Å². The van der Waals surface area contributed by atoms with Crippen LogP contribution in [0.2, 0.25) is 5.02 Å². The first-order chi connectivity index (χ1) is 9.44. The average molecular weight is 314 g/mol. The number of anilines is 1. The molecule has 6 heteroatoms. The summed E-state index contributed by atoms with van der Waals surface area (Å²) >= 11 is 5.62. The van der Waals surface area contributed by atoms with Crippen molar-refractivity contribution in [1.29, 1.82) is 0 Å². The zero-order chi connectivity index (χ0) is 14.8. The Hall–Kier alpha value is -1.59. The van der Waals surface area contributed by atoms with Gasteiger partial charge in [0.2, 0.25) is 0 Å². The predicted molar refractivity (Wildman–Crippen MR) is 78.0 cm³/mol. The van der Waals surface area contributed by atoms with E-state index in [0.717, 1.165) is 17.7 Å². The molecular formula is C14H13ClFNO2S. The summed E-state index contributed by atoms with van der Waals surface area (Å²) in [7, 11) is -3.98. The lowest BCUT2D eigenvalue weighted by Gasteiger charge is -2.12. The van der Waals surface area contributed by atoms with Gasteiger partial charge in [0.15, 0.2) is 0 Å². The fraction of sp³-hybridized carbons (Fsp3) is 0.143. The highest BCUT2D eigenvalue weighted by molar-refractivity contribution is 7.92. The van der Waals surface area contributed by atoms with Gasteiger partial charge in [-0.1, -0.05) is 36.7 Å². The number of nitrogens with one attached hydrogen (secondary N) is 1. The van der Waals surface area contributed by atoms with E-state index in [1.807, 2.05) is 19.1 Å². The first kappa shape index (κ1) is 14.8. The average Bonchev–Trinajstić information content (AvgIpc) is 2.38. The minimum atomic E-state index is -3.98. The molecule has 0 saturated heterocycles. The van der Waals surface area contributed by atoms with Crippen LogP contribution in [0.25, 0.3) is 0 Å². The van der Waals surface area contributed by atoms with Gasteiger partial charge < -0.3 is 0 Å². The number of benzene rings is 2. The minimum Gasteiger partial charge on any atom is -0.279 e. The lowest BCUT2D eigenvalue weighted by atomic mass is 10.1. The number of hydrogen-bond acceptors (Lipinski definition) is 2.